The molecule has 0 spiro atoms. The number of carbonyl (C=O) groups is 1. The van der Waals surface area contributed by atoms with Crippen molar-refractivity contribution in [3.8, 4) is 17.0 Å². The molecule has 7 nitrogen and oxygen atoms in total. The standard InChI is InChI=1S/C20H26N4O3/c1-4-27-17-7-5-16(6-8-17)18-9-10-19(25)24(21-18)15(2)20(26)23-13-11-22(3)12-14-23/h5-10,15H,4,11-14H2,1-3H3. The highest BCUT2D eigenvalue weighted by Crippen LogP contribution is 2.20. The van der Waals surface area contributed by atoms with E-state index in [1.807, 2.05) is 43.1 Å². The van der Waals surface area contributed by atoms with E-state index in [1.165, 1.54) is 10.7 Å². The van der Waals surface area contributed by atoms with Crippen molar-refractivity contribution in [1.82, 2.24) is 19.6 Å². The van der Waals surface area contributed by atoms with Gasteiger partial charge in [0, 0.05) is 37.8 Å². The molecule has 1 aliphatic rings. The van der Waals surface area contributed by atoms with Gasteiger partial charge in [-0.15, -0.1) is 0 Å². The first kappa shape index (κ1) is 19.1. The first-order chi connectivity index (χ1) is 13.0. The highest BCUT2D eigenvalue weighted by Gasteiger charge is 2.26. The molecule has 0 bridgehead atoms. The third-order valence-corrected chi connectivity index (χ3v) is 4.83. The number of hydrogen-bond acceptors (Lipinski definition) is 5. The van der Waals surface area contributed by atoms with Crippen molar-refractivity contribution in [3.63, 3.8) is 0 Å². The normalized spacial score (nSPS) is 16.2. The number of aromatic nitrogens is 2. The zero-order valence-electron chi connectivity index (χ0n) is 16.1. The first-order valence-electron chi connectivity index (χ1n) is 9.30. The molecule has 0 radical (unpaired) electrons. The number of hydrogen-bond donors (Lipinski definition) is 0. The largest absolute Gasteiger partial charge is 0.494 e. The van der Waals surface area contributed by atoms with Crippen LogP contribution in [0, 0.1) is 0 Å². The Labute approximate surface area is 159 Å². The van der Waals surface area contributed by atoms with E-state index in [9.17, 15) is 9.59 Å². The summed E-state index contributed by atoms with van der Waals surface area (Å²) < 4.78 is 6.74. The lowest BCUT2D eigenvalue weighted by atomic mass is 10.1. The van der Waals surface area contributed by atoms with Crippen LogP contribution in [-0.4, -0.2) is 65.3 Å². The summed E-state index contributed by atoms with van der Waals surface area (Å²) >= 11 is 0. The zero-order chi connectivity index (χ0) is 19.4. The van der Waals surface area contributed by atoms with Gasteiger partial charge in [-0.1, -0.05) is 0 Å². The van der Waals surface area contributed by atoms with Crippen molar-refractivity contribution >= 4 is 5.91 Å². The summed E-state index contributed by atoms with van der Waals surface area (Å²) in [6.07, 6.45) is 0. The lowest BCUT2D eigenvalue weighted by Crippen LogP contribution is -2.49. The maximum atomic E-state index is 12.8. The van der Waals surface area contributed by atoms with Crippen molar-refractivity contribution in [2.75, 3.05) is 39.8 Å². The van der Waals surface area contributed by atoms with Gasteiger partial charge >= 0.3 is 0 Å². The monoisotopic (exact) mass is 370 g/mol. The fourth-order valence-electron chi connectivity index (χ4n) is 3.14. The predicted molar refractivity (Wildman–Crippen MR) is 104 cm³/mol. The van der Waals surface area contributed by atoms with Crippen LogP contribution in [0.15, 0.2) is 41.2 Å². The van der Waals surface area contributed by atoms with Gasteiger partial charge in [-0.3, -0.25) is 9.59 Å². The van der Waals surface area contributed by atoms with Gasteiger partial charge < -0.3 is 14.5 Å². The van der Waals surface area contributed by atoms with Crippen LogP contribution in [0.3, 0.4) is 0 Å². The fourth-order valence-corrected chi connectivity index (χ4v) is 3.14. The van der Waals surface area contributed by atoms with Gasteiger partial charge in [-0.25, -0.2) is 4.68 Å². The molecule has 0 saturated carbocycles. The summed E-state index contributed by atoms with van der Waals surface area (Å²) in [5.74, 6) is 0.717. The molecule has 1 aliphatic heterocycles. The van der Waals surface area contributed by atoms with E-state index in [4.69, 9.17) is 4.74 Å². The van der Waals surface area contributed by atoms with Crippen LogP contribution >= 0.6 is 0 Å². The first-order valence-corrected chi connectivity index (χ1v) is 9.30. The molecule has 1 fully saturated rings. The number of amides is 1. The topological polar surface area (TPSA) is 67.7 Å². The number of ether oxygens (including phenoxy) is 1. The SMILES string of the molecule is CCOc1ccc(-c2ccc(=O)n(C(C)C(=O)N3CCN(C)CC3)n2)cc1. The summed E-state index contributed by atoms with van der Waals surface area (Å²) in [4.78, 5) is 29.1. The molecule has 27 heavy (non-hydrogen) atoms. The summed E-state index contributed by atoms with van der Waals surface area (Å²) in [5, 5.41) is 4.45. The number of nitrogens with zero attached hydrogens (tertiary/aromatic N) is 4. The van der Waals surface area contributed by atoms with E-state index in [2.05, 4.69) is 10.00 Å². The Kier molecular flexibility index (Phi) is 5.91. The third kappa shape index (κ3) is 4.36. The smallest absolute Gasteiger partial charge is 0.267 e. The number of likely N-dealkylation sites (N-methyl/N-ethyl adjacent to an activating group) is 1. The molecular weight excluding hydrogens is 344 g/mol. The van der Waals surface area contributed by atoms with E-state index in [0.717, 1.165) is 24.4 Å². The van der Waals surface area contributed by atoms with E-state index in [1.54, 1.807) is 13.0 Å². The molecule has 2 heterocycles. The molecule has 1 aromatic carbocycles. The molecule has 0 aliphatic carbocycles. The second kappa shape index (κ2) is 8.35. The molecule has 1 aromatic heterocycles. The third-order valence-electron chi connectivity index (χ3n) is 4.83. The van der Waals surface area contributed by atoms with Gasteiger partial charge in [0.15, 0.2) is 0 Å². The van der Waals surface area contributed by atoms with Gasteiger partial charge in [0.2, 0.25) is 5.91 Å². The lowest BCUT2D eigenvalue weighted by Gasteiger charge is -2.34. The highest BCUT2D eigenvalue weighted by atomic mass is 16.5. The minimum absolute atomic E-state index is 0.0680. The van der Waals surface area contributed by atoms with Crippen molar-refractivity contribution < 1.29 is 9.53 Å². The predicted octanol–water partition coefficient (Wildman–Crippen LogP) is 1.64. The Morgan fingerprint density at radius 2 is 1.78 bits per heavy atom. The van der Waals surface area contributed by atoms with Crippen LogP contribution in [-0.2, 0) is 4.79 Å². The Morgan fingerprint density at radius 3 is 2.41 bits per heavy atom. The van der Waals surface area contributed by atoms with Crippen LogP contribution < -0.4 is 10.3 Å². The minimum atomic E-state index is -0.636. The molecule has 1 amide bonds. The molecule has 1 saturated heterocycles. The summed E-state index contributed by atoms with van der Waals surface area (Å²) in [5.41, 5.74) is 1.24. The number of benzene rings is 1. The van der Waals surface area contributed by atoms with Crippen molar-refractivity contribution in [2.24, 2.45) is 0 Å². The lowest BCUT2D eigenvalue weighted by molar-refractivity contribution is -0.136. The Balaban J connectivity index is 1.82. The van der Waals surface area contributed by atoms with E-state index in [-0.39, 0.29) is 11.5 Å². The molecule has 0 N–H and O–H groups in total. The average Bonchev–Trinajstić information content (AvgIpc) is 2.69. The molecule has 1 atom stereocenters. The van der Waals surface area contributed by atoms with Gasteiger partial charge in [0.25, 0.3) is 5.56 Å². The van der Waals surface area contributed by atoms with E-state index < -0.39 is 6.04 Å². The van der Waals surface area contributed by atoms with Crippen molar-refractivity contribution in [3.05, 3.63) is 46.8 Å². The fraction of sp³-hybridized carbons (Fsp3) is 0.450. The van der Waals surface area contributed by atoms with E-state index in [0.29, 0.717) is 25.4 Å². The number of carbonyl (C=O) groups excluding carboxylic acids is 1. The van der Waals surface area contributed by atoms with Gasteiger partial charge in [0.1, 0.15) is 11.8 Å². The highest BCUT2D eigenvalue weighted by molar-refractivity contribution is 5.80. The molecule has 1 unspecified atom stereocenters. The Hall–Kier alpha value is -2.67. The van der Waals surface area contributed by atoms with Crippen LogP contribution in [0.5, 0.6) is 5.75 Å². The maximum Gasteiger partial charge on any atom is 0.267 e. The maximum absolute atomic E-state index is 12.8. The number of piperazine rings is 1. The summed E-state index contributed by atoms with van der Waals surface area (Å²) in [6, 6.07) is 10.0. The van der Waals surface area contributed by atoms with Crippen LogP contribution in [0.2, 0.25) is 0 Å². The van der Waals surface area contributed by atoms with Crippen LogP contribution in [0.1, 0.15) is 19.9 Å². The molecule has 3 rings (SSSR count). The zero-order valence-corrected chi connectivity index (χ0v) is 16.1. The second-order valence-corrected chi connectivity index (χ2v) is 6.76. The average molecular weight is 370 g/mol. The minimum Gasteiger partial charge on any atom is -0.494 e. The summed E-state index contributed by atoms with van der Waals surface area (Å²) in [6.45, 7) is 7.30. The molecular formula is C20H26N4O3. The second-order valence-electron chi connectivity index (χ2n) is 6.76. The van der Waals surface area contributed by atoms with Crippen molar-refractivity contribution in [1.29, 1.82) is 0 Å². The van der Waals surface area contributed by atoms with Gasteiger partial charge in [0.05, 0.1) is 12.3 Å². The van der Waals surface area contributed by atoms with Crippen LogP contribution in [0.4, 0.5) is 0 Å². The molecule has 2 aromatic rings. The summed E-state index contributed by atoms with van der Waals surface area (Å²) in [7, 11) is 2.04. The van der Waals surface area contributed by atoms with Crippen LogP contribution in [0.25, 0.3) is 11.3 Å². The van der Waals surface area contributed by atoms with Gasteiger partial charge in [-0.2, -0.15) is 5.10 Å². The Bertz CT molecular complexity index is 839. The van der Waals surface area contributed by atoms with Crippen molar-refractivity contribution in [2.45, 2.75) is 19.9 Å². The van der Waals surface area contributed by atoms with Gasteiger partial charge in [-0.05, 0) is 51.2 Å². The molecule has 144 valence electrons. The number of rotatable bonds is 5. The van der Waals surface area contributed by atoms with E-state index >= 15 is 0 Å². The quantitative estimate of drug-likeness (QED) is 0.801. The Morgan fingerprint density at radius 1 is 1.11 bits per heavy atom. The molecule has 7 heteroatoms.